The standard InChI is InChI=1S/C19H27N3O2/c1-5-6-7-8-17(23)20-21-18-15-11-14(4)9-10-16(15)22(19(18)24)12-13(2)3/h9-11,13,24H,5-8,12H2,1-4H3. The molecular formula is C19H27N3O2. The van der Waals surface area contributed by atoms with E-state index in [0.717, 1.165) is 35.7 Å². The summed E-state index contributed by atoms with van der Waals surface area (Å²) in [6.07, 6.45) is 3.31. The van der Waals surface area contributed by atoms with E-state index in [1.54, 1.807) is 0 Å². The highest BCUT2D eigenvalue weighted by Gasteiger charge is 2.17. The third-order valence-electron chi connectivity index (χ3n) is 3.97. The molecule has 0 fully saturated rings. The Labute approximate surface area is 143 Å². The van der Waals surface area contributed by atoms with E-state index in [1.165, 1.54) is 0 Å². The van der Waals surface area contributed by atoms with Gasteiger partial charge >= 0.3 is 0 Å². The van der Waals surface area contributed by atoms with Crippen LogP contribution < -0.4 is 0 Å². The molecule has 0 radical (unpaired) electrons. The van der Waals surface area contributed by atoms with Gasteiger partial charge in [-0.3, -0.25) is 4.79 Å². The fourth-order valence-corrected chi connectivity index (χ4v) is 2.77. The summed E-state index contributed by atoms with van der Waals surface area (Å²) in [6, 6.07) is 5.96. The van der Waals surface area contributed by atoms with E-state index in [0.29, 0.717) is 24.6 Å². The number of fused-ring (bicyclic) bond motifs is 1. The van der Waals surface area contributed by atoms with Gasteiger partial charge in [-0.15, -0.1) is 10.2 Å². The third-order valence-corrected chi connectivity index (χ3v) is 3.97. The van der Waals surface area contributed by atoms with Crippen LogP contribution in [0.1, 0.15) is 52.0 Å². The van der Waals surface area contributed by atoms with Gasteiger partial charge in [0.05, 0.1) is 5.52 Å². The van der Waals surface area contributed by atoms with Crippen molar-refractivity contribution < 1.29 is 9.90 Å². The summed E-state index contributed by atoms with van der Waals surface area (Å²) in [5.74, 6) is 0.225. The molecule has 1 aromatic heterocycles. The van der Waals surface area contributed by atoms with Gasteiger partial charge in [-0.25, -0.2) is 0 Å². The van der Waals surface area contributed by atoms with E-state index in [2.05, 4.69) is 31.0 Å². The highest BCUT2D eigenvalue weighted by atomic mass is 16.3. The van der Waals surface area contributed by atoms with Crippen LogP contribution in [0.15, 0.2) is 28.4 Å². The van der Waals surface area contributed by atoms with Crippen LogP contribution in [-0.4, -0.2) is 15.6 Å². The third kappa shape index (κ3) is 4.22. The lowest BCUT2D eigenvalue weighted by Crippen LogP contribution is -2.03. The van der Waals surface area contributed by atoms with Gasteiger partial charge in [-0.2, -0.15) is 0 Å². The van der Waals surface area contributed by atoms with Gasteiger partial charge in [0.1, 0.15) is 0 Å². The second kappa shape index (κ2) is 8.08. The molecule has 0 bridgehead atoms. The Morgan fingerprint density at radius 1 is 1.29 bits per heavy atom. The number of benzene rings is 1. The first-order valence-corrected chi connectivity index (χ1v) is 8.70. The number of carbonyl (C=O) groups excluding carboxylic acids is 1. The minimum atomic E-state index is -0.236. The van der Waals surface area contributed by atoms with Crippen LogP contribution in [0.4, 0.5) is 5.69 Å². The zero-order chi connectivity index (χ0) is 17.7. The molecule has 0 saturated heterocycles. The number of aryl methyl sites for hydroxylation is 1. The van der Waals surface area contributed by atoms with Gasteiger partial charge < -0.3 is 9.67 Å². The average Bonchev–Trinajstić information content (AvgIpc) is 2.77. The number of azo groups is 1. The second-order valence-corrected chi connectivity index (χ2v) is 6.75. The lowest BCUT2D eigenvalue weighted by Gasteiger charge is -2.09. The number of hydrogen-bond acceptors (Lipinski definition) is 3. The predicted octanol–water partition coefficient (Wildman–Crippen LogP) is 5.50. The molecule has 5 heteroatoms. The van der Waals surface area contributed by atoms with Gasteiger partial charge in [0.15, 0.2) is 5.69 Å². The van der Waals surface area contributed by atoms with E-state index < -0.39 is 0 Å². The molecule has 24 heavy (non-hydrogen) atoms. The minimum absolute atomic E-state index is 0.0782. The van der Waals surface area contributed by atoms with Crippen molar-refractivity contribution >= 4 is 22.5 Å². The topological polar surface area (TPSA) is 66.9 Å². The highest BCUT2D eigenvalue weighted by Crippen LogP contribution is 2.39. The van der Waals surface area contributed by atoms with Crippen molar-refractivity contribution in [1.29, 1.82) is 0 Å². The Kier molecular flexibility index (Phi) is 6.12. The number of nitrogens with zero attached hydrogens (tertiary/aromatic N) is 3. The molecule has 0 spiro atoms. The van der Waals surface area contributed by atoms with E-state index in [-0.39, 0.29) is 11.8 Å². The molecule has 0 atom stereocenters. The number of aromatic hydroxyl groups is 1. The molecule has 2 rings (SSSR count). The average molecular weight is 329 g/mol. The Morgan fingerprint density at radius 2 is 2.04 bits per heavy atom. The number of unbranched alkanes of at least 4 members (excludes halogenated alkanes) is 2. The Balaban J connectivity index is 2.36. The smallest absolute Gasteiger partial charge is 0.264 e. The lowest BCUT2D eigenvalue weighted by molar-refractivity contribution is -0.118. The monoisotopic (exact) mass is 329 g/mol. The number of rotatable bonds is 7. The van der Waals surface area contributed by atoms with E-state index in [4.69, 9.17) is 0 Å². The fraction of sp³-hybridized carbons (Fsp3) is 0.526. The highest BCUT2D eigenvalue weighted by molar-refractivity contribution is 5.95. The van der Waals surface area contributed by atoms with Crippen molar-refractivity contribution in [2.75, 3.05) is 0 Å². The zero-order valence-electron chi connectivity index (χ0n) is 15.0. The molecule has 0 aliphatic heterocycles. The Morgan fingerprint density at radius 3 is 2.71 bits per heavy atom. The van der Waals surface area contributed by atoms with E-state index in [1.807, 2.05) is 29.7 Å². The van der Waals surface area contributed by atoms with Crippen LogP contribution in [-0.2, 0) is 11.3 Å². The van der Waals surface area contributed by atoms with Crippen LogP contribution in [0.3, 0.4) is 0 Å². The second-order valence-electron chi connectivity index (χ2n) is 6.75. The van der Waals surface area contributed by atoms with Crippen molar-refractivity contribution in [2.45, 2.75) is 59.9 Å². The molecule has 2 aromatic rings. The zero-order valence-corrected chi connectivity index (χ0v) is 15.0. The molecule has 130 valence electrons. The largest absolute Gasteiger partial charge is 0.493 e. The molecule has 1 heterocycles. The maximum absolute atomic E-state index is 11.8. The first-order valence-electron chi connectivity index (χ1n) is 8.70. The van der Waals surface area contributed by atoms with Crippen LogP contribution in [0.2, 0.25) is 0 Å². The first kappa shape index (κ1) is 18.2. The van der Waals surface area contributed by atoms with Gasteiger partial charge in [-0.05, 0) is 31.4 Å². The lowest BCUT2D eigenvalue weighted by atomic mass is 10.1. The molecule has 1 amide bonds. The molecule has 1 aromatic carbocycles. The summed E-state index contributed by atoms with van der Waals surface area (Å²) in [7, 11) is 0. The maximum Gasteiger partial charge on any atom is 0.264 e. The van der Waals surface area contributed by atoms with Crippen LogP contribution >= 0.6 is 0 Å². The van der Waals surface area contributed by atoms with Crippen molar-refractivity contribution in [3.63, 3.8) is 0 Å². The fourth-order valence-electron chi connectivity index (χ4n) is 2.77. The van der Waals surface area contributed by atoms with Crippen LogP contribution in [0.5, 0.6) is 5.88 Å². The van der Waals surface area contributed by atoms with E-state index >= 15 is 0 Å². The molecule has 0 saturated carbocycles. The van der Waals surface area contributed by atoms with Crippen molar-refractivity contribution in [3.8, 4) is 5.88 Å². The molecule has 0 aliphatic carbocycles. The summed E-state index contributed by atoms with van der Waals surface area (Å²) in [4.78, 5) is 11.8. The normalized spacial score (nSPS) is 11.9. The number of aromatic nitrogens is 1. The van der Waals surface area contributed by atoms with E-state index in [9.17, 15) is 9.90 Å². The first-order chi connectivity index (χ1) is 11.4. The molecule has 0 aliphatic rings. The van der Waals surface area contributed by atoms with Gasteiger partial charge in [-0.1, -0.05) is 45.2 Å². The minimum Gasteiger partial charge on any atom is -0.493 e. The Bertz CT molecular complexity index is 745. The molecular weight excluding hydrogens is 302 g/mol. The number of hydrogen-bond donors (Lipinski definition) is 1. The van der Waals surface area contributed by atoms with Crippen LogP contribution in [0, 0.1) is 12.8 Å². The van der Waals surface area contributed by atoms with Crippen molar-refractivity contribution in [2.24, 2.45) is 16.1 Å². The summed E-state index contributed by atoms with van der Waals surface area (Å²) < 4.78 is 1.84. The van der Waals surface area contributed by atoms with Crippen LogP contribution in [0.25, 0.3) is 10.9 Å². The SMILES string of the molecule is CCCCCC(=O)N=Nc1c(O)n(CC(C)C)c2ccc(C)cc12. The quantitative estimate of drug-likeness (QED) is 0.538. The summed E-state index contributed by atoms with van der Waals surface area (Å²) in [5.41, 5.74) is 2.38. The summed E-state index contributed by atoms with van der Waals surface area (Å²) >= 11 is 0. The summed E-state index contributed by atoms with van der Waals surface area (Å²) in [6.45, 7) is 8.96. The van der Waals surface area contributed by atoms with Crippen molar-refractivity contribution in [1.82, 2.24) is 4.57 Å². The molecule has 1 N–H and O–H groups in total. The summed E-state index contributed by atoms with van der Waals surface area (Å²) in [5, 5.41) is 19.3. The van der Waals surface area contributed by atoms with Gasteiger partial charge in [0.25, 0.3) is 5.91 Å². The number of amides is 1. The maximum atomic E-state index is 11.8. The van der Waals surface area contributed by atoms with Gasteiger partial charge in [0, 0.05) is 18.4 Å². The Hall–Kier alpha value is -2.17. The van der Waals surface area contributed by atoms with Gasteiger partial charge in [0.2, 0.25) is 5.88 Å². The number of carbonyl (C=O) groups is 1. The molecule has 5 nitrogen and oxygen atoms in total. The van der Waals surface area contributed by atoms with Crippen molar-refractivity contribution in [3.05, 3.63) is 23.8 Å². The molecule has 0 unspecified atom stereocenters. The predicted molar refractivity (Wildman–Crippen MR) is 96.8 cm³/mol.